The van der Waals surface area contributed by atoms with Crippen LogP contribution in [0.2, 0.25) is 0 Å². The summed E-state index contributed by atoms with van der Waals surface area (Å²) in [5.74, 6) is -3.52. The molecule has 2 N–H and O–H groups in total. The van der Waals surface area contributed by atoms with E-state index in [0.717, 1.165) is 12.3 Å². The quantitative estimate of drug-likeness (QED) is 0.832. The van der Waals surface area contributed by atoms with Crippen molar-refractivity contribution in [2.75, 3.05) is 5.32 Å². The van der Waals surface area contributed by atoms with Crippen molar-refractivity contribution in [3.8, 4) is 0 Å². The van der Waals surface area contributed by atoms with Crippen molar-refractivity contribution in [3.05, 3.63) is 23.5 Å². The van der Waals surface area contributed by atoms with Crippen LogP contribution in [-0.2, 0) is 4.79 Å². The van der Waals surface area contributed by atoms with E-state index in [1.54, 1.807) is 0 Å². The van der Waals surface area contributed by atoms with Crippen molar-refractivity contribution in [3.63, 3.8) is 0 Å². The van der Waals surface area contributed by atoms with Gasteiger partial charge in [-0.25, -0.2) is 4.79 Å². The third-order valence-electron chi connectivity index (χ3n) is 1.83. The second-order valence-electron chi connectivity index (χ2n) is 3.11. The van der Waals surface area contributed by atoms with Gasteiger partial charge < -0.3 is 10.4 Å². The molecule has 1 heterocycles. The molecular weight excluding hydrogens is 241 g/mol. The third-order valence-corrected chi connectivity index (χ3v) is 1.83. The number of aryl methyl sites for hydroxylation is 1. The molecule has 0 fully saturated rings. The summed E-state index contributed by atoms with van der Waals surface area (Å²) in [6.07, 6.45) is -4.08. The lowest BCUT2D eigenvalue weighted by atomic mass is 10.2. The molecule has 0 unspecified atom stereocenters. The fraction of sp³-hybridized carbons (Fsp3) is 0.222. The average Bonchev–Trinajstić information content (AvgIpc) is 2.19. The zero-order valence-corrected chi connectivity index (χ0v) is 8.50. The van der Waals surface area contributed by atoms with Crippen molar-refractivity contribution in [2.24, 2.45) is 0 Å². The van der Waals surface area contributed by atoms with Gasteiger partial charge in [0, 0.05) is 0 Å². The summed E-state index contributed by atoms with van der Waals surface area (Å²) in [5, 5.41) is 10.2. The van der Waals surface area contributed by atoms with Gasteiger partial charge in [-0.1, -0.05) is 0 Å². The molecule has 0 aromatic carbocycles. The van der Waals surface area contributed by atoms with Gasteiger partial charge >= 0.3 is 18.1 Å². The Labute approximate surface area is 93.3 Å². The number of halogens is 3. The Kier molecular flexibility index (Phi) is 3.35. The van der Waals surface area contributed by atoms with Crippen LogP contribution >= 0.6 is 0 Å². The van der Waals surface area contributed by atoms with E-state index in [1.165, 1.54) is 12.2 Å². The molecule has 17 heavy (non-hydrogen) atoms. The number of carboxylic acids is 1. The highest BCUT2D eigenvalue weighted by Gasteiger charge is 2.38. The normalized spacial score (nSPS) is 11.1. The summed E-state index contributed by atoms with van der Waals surface area (Å²) in [6.45, 7) is 1.39. The summed E-state index contributed by atoms with van der Waals surface area (Å²) in [7, 11) is 0. The second-order valence-corrected chi connectivity index (χ2v) is 3.11. The van der Waals surface area contributed by atoms with Gasteiger partial charge in [0.05, 0.1) is 23.1 Å². The number of aromatic nitrogens is 1. The standard InChI is InChI=1S/C9H7F3N2O3/c1-4-6(7(15)16)2-5(3-13-4)14-8(17)9(10,11)12/h2-3H,1H3,(H,14,17)(H,15,16). The number of hydrogen-bond acceptors (Lipinski definition) is 3. The number of amides is 1. The summed E-state index contributed by atoms with van der Waals surface area (Å²) < 4.78 is 35.8. The Hall–Kier alpha value is -2.12. The van der Waals surface area contributed by atoms with E-state index in [1.807, 2.05) is 0 Å². The molecule has 1 amide bonds. The number of anilines is 1. The number of nitrogens with zero attached hydrogens (tertiary/aromatic N) is 1. The lowest BCUT2D eigenvalue weighted by molar-refractivity contribution is -0.167. The number of pyridine rings is 1. The third kappa shape index (κ3) is 3.16. The molecule has 0 atom stereocenters. The van der Waals surface area contributed by atoms with E-state index in [4.69, 9.17) is 5.11 Å². The van der Waals surface area contributed by atoms with Gasteiger partial charge in [0.2, 0.25) is 0 Å². The Morgan fingerprint density at radius 3 is 2.47 bits per heavy atom. The molecule has 0 saturated heterocycles. The minimum Gasteiger partial charge on any atom is -0.478 e. The predicted octanol–water partition coefficient (Wildman–Crippen LogP) is 1.59. The fourth-order valence-corrected chi connectivity index (χ4v) is 1.02. The Morgan fingerprint density at radius 2 is 2.00 bits per heavy atom. The van der Waals surface area contributed by atoms with Crippen molar-refractivity contribution in [2.45, 2.75) is 13.1 Å². The first-order valence-electron chi connectivity index (χ1n) is 4.30. The number of carbonyl (C=O) groups excluding carboxylic acids is 1. The van der Waals surface area contributed by atoms with E-state index in [2.05, 4.69) is 4.98 Å². The number of hydrogen-bond donors (Lipinski definition) is 2. The molecular formula is C9H7F3N2O3. The first-order valence-corrected chi connectivity index (χ1v) is 4.30. The Bertz CT molecular complexity index is 471. The van der Waals surface area contributed by atoms with Crippen molar-refractivity contribution < 1.29 is 27.9 Å². The molecule has 0 radical (unpaired) electrons. The lowest BCUT2D eigenvalue weighted by Gasteiger charge is -2.08. The van der Waals surface area contributed by atoms with Crippen LogP contribution < -0.4 is 5.32 Å². The monoisotopic (exact) mass is 248 g/mol. The second kappa shape index (κ2) is 4.40. The van der Waals surface area contributed by atoms with Crippen LogP contribution in [0.1, 0.15) is 16.1 Å². The molecule has 92 valence electrons. The topological polar surface area (TPSA) is 79.3 Å². The fourth-order valence-electron chi connectivity index (χ4n) is 1.02. The molecule has 0 bridgehead atoms. The molecule has 1 aromatic rings. The molecule has 1 aromatic heterocycles. The SMILES string of the molecule is Cc1ncc(NC(=O)C(F)(F)F)cc1C(=O)O. The number of carboxylic acid groups (broad SMARTS) is 1. The van der Waals surface area contributed by atoms with Gasteiger partial charge in [0.1, 0.15) is 0 Å². The van der Waals surface area contributed by atoms with Gasteiger partial charge in [-0.15, -0.1) is 0 Å². The number of carbonyl (C=O) groups is 2. The molecule has 0 aliphatic heterocycles. The highest BCUT2D eigenvalue weighted by atomic mass is 19.4. The molecule has 0 aliphatic carbocycles. The number of alkyl halides is 3. The number of nitrogens with one attached hydrogen (secondary N) is 1. The maximum absolute atomic E-state index is 11.9. The zero-order valence-electron chi connectivity index (χ0n) is 8.50. The van der Waals surface area contributed by atoms with Gasteiger partial charge in [0.25, 0.3) is 0 Å². The maximum Gasteiger partial charge on any atom is 0.471 e. The minimum absolute atomic E-state index is 0.141. The average molecular weight is 248 g/mol. The zero-order chi connectivity index (χ0) is 13.2. The highest BCUT2D eigenvalue weighted by molar-refractivity contribution is 5.96. The summed E-state index contributed by atoms with van der Waals surface area (Å²) >= 11 is 0. The van der Waals surface area contributed by atoms with Gasteiger partial charge in [-0.3, -0.25) is 9.78 Å². The number of rotatable bonds is 2. The largest absolute Gasteiger partial charge is 0.478 e. The van der Waals surface area contributed by atoms with Crippen LogP contribution in [0.25, 0.3) is 0 Å². The molecule has 5 nitrogen and oxygen atoms in total. The van der Waals surface area contributed by atoms with Crippen molar-refractivity contribution >= 4 is 17.6 Å². The van der Waals surface area contributed by atoms with E-state index in [-0.39, 0.29) is 16.9 Å². The molecule has 1 rings (SSSR count). The van der Waals surface area contributed by atoms with Gasteiger partial charge in [-0.05, 0) is 13.0 Å². The van der Waals surface area contributed by atoms with Gasteiger partial charge in [0.15, 0.2) is 0 Å². The van der Waals surface area contributed by atoms with E-state index in [0.29, 0.717) is 0 Å². The van der Waals surface area contributed by atoms with Crippen LogP contribution in [-0.4, -0.2) is 28.1 Å². The molecule has 8 heteroatoms. The lowest BCUT2D eigenvalue weighted by Crippen LogP contribution is -2.30. The highest BCUT2D eigenvalue weighted by Crippen LogP contribution is 2.19. The van der Waals surface area contributed by atoms with E-state index < -0.39 is 18.1 Å². The summed E-state index contributed by atoms with van der Waals surface area (Å²) in [6, 6.07) is 0.911. The van der Waals surface area contributed by atoms with Gasteiger partial charge in [-0.2, -0.15) is 13.2 Å². The van der Waals surface area contributed by atoms with Crippen molar-refractivity contribution in [1.82, 2.24) is 4.98 Å². The minimum atomic E-state index is -5.03. The molecule has 0 aliphatic rings. The van der Waals surface area contributed by atoms with Crippen LogP contribution in [0, 0.1) is 6.92 Å². The van der Waals surface area contributed by atoms with Crippen molar-refractivity contribution in [1.29, 1.82) is 0 Å². The van der Waals surface area contributed by atoms with Crippen LogP contribution in [0.15, 0.2) is 12.3 Å². The first-order chi connectivity index (χ1) is 7.71. The van der Waals surface area contributed by atoms with E-state index >= 15 is 0 Å². The Balaban J connectivity index is 2.98. The predicted molar refractivity (Wildman–Crippen MR) is 50.6 cm³/mol. The summed E-state index contributed by atoms with van der Waals surface area (Å²) in [5.41, 5.74) is -0.456. The Morgan fingerprint density at radius 1 is 1.41 bits per heavy atom. The summed E-state index contributed by atoms with van der Waals surface area (Å²) in [4.78, 5) is 24.8. The smallest absolute Gasteiger partial charge is 0.471 e. The maximum atomic E-state index is 11.9. The van der Waals surface area contributed by atoms with Crippen LogP contribution in [0.3, 0.4) is 0 Å². The van der Waals surface area contributed by atoms with E-state index in [9.17, 15) is 22.8 Å². The van der Waals surface area contributed by atoms with Crippen LogP contribution in [0.5, 0.6) is 0 Å². The van der Waals surface area contributed by atoms with Crippen LogP contribution in [0.4, 0.5) is 18.9 Å². The molecule has 0 spiro atoms. The first kappa shape index (κ1) is 12.9. The molecule has 0 saturated carbocycles. The number of aromatic carboxylic acids is 1.